The zero-order valence-corrected chi connectivity index (χ0v) is 8.13. The van der Waals surface area contributed by atoms with Crippen LogP contribution in [0.4, 0.5) is 0 Å². The molecule has 0 saturated heterocycles. The van der Waals surface area contributed by atoms with Crippen molar-refractivity contribution in [2.24, 2.45) is 10.9 Å². The molecule has 4 heteroatoms. The Balaban J connectivity index is 1.66. The van der Waals surface area contributed by atoms with Crippen LogP contribution in [0.3, 0.4) is 0 Å². The predicted octanol–water partition coefficient (Wildman–Crippen LogP) is 1.84. The van der Waals surface area contributed by atoms with Gasteiger partial charge in [-0.3, -0.25) is 0 Å². The molecule has 1 N–H and O–H groups in total. The molecular formula is C9H13ClN2O. The van der Waals surface area contributed by atoms with Crippen LogP contribution in [-0.2, 0) is 4.74 Å². The fourth-order valence-electron chi connectivity index (χ4n) is 1.20. The summed E-state index contributed by atoms with van der Waals surface area (Å²) in [4.78, 5) is 3.96. The minimum absolute atomic E-state index is 0.337. The first kappa shape index (κ1) is 8.88. The first-order valence-electron chi connectivity index (χ1n) is 4.61. The van der Waals surface area contributed by atoms with E-state index in [4.69, 9.17) is 16.3 Å². The summed E-state index contributed by atoms with van der Waals surface area (Å²) in [6.45, 7) is 0.789. The normalized spacial score (nSPS) is 26.5. The number of halogens is 1. The highest BCUT2D eigenvalue weighted by atomic mass is 35.5. The minimum Gasteiger partial charge on any atom is -0.490 e. The molecule has 13 heavy (non-hydrogen) atoms. The lowest BCUT2D eigenvalue weighted by Gasteiger charge is -2.13. The summed E-state index contributed by atoms with van der Waals surface area (Å²) >= 11 is 5.67. The summed E-state index contributed by atoms with van der Waals surface area (Å²) in [6, 6.07) is 0. The van der Waals surface area contributed by atoms with Crippen LogP contribution in [0.15, 0.2) is 17.0 Å². The van der Waals surface area contributed by atoms with Gasteiger partial charge >= 0.3 is 0 Å². The molecule has 2 aliphatic rings. The summed E-state index contributed by atoms with van der Waals surface area (Å²) in [5.41, 5.74) is -0.337. The third kappa shape index (κ3) is 2.92. The third-order valence-corrected chi connectivity index (χ3v) is 2.43. The molecule has 0 amide bonds. The number of ether oxygens (including phenoxy) is 1. The largest absolute Gasteiger partial charge is 0.490 e. The highest BCUT2D eigenvalue weighted by Gasteiger charge is 2.20. The Morgan fingerprint density at radius 3 is 3.08 bits per heavy atom. The van der Waals surface area contributed by atoms with E-state index in [0.29, 0.717) is 0 Å². The van der Waals surface area contributed by atoms with Crippen LogP contribution >= 0.6 is 11.6 Å². The molecule has 3 nitrogen and oxygen atoms in total. The van der Waals surface area contributed by atoms with Crippen molar-refractivity contribution in [1.29, 1.82) is 0 Å². The highest BCUT2D eigenvalue weighted by Crippen LogP contribution is 2.32. The molecule has 0 aromatic heterocycles. The number of nitrogens with one attached hydrogen (secondary N) is 1. The van der Waals surface area contributed by atoms with Gasteiger partial charge in [0, 0.05) is 6.20 Å². The fourth-order valence-corrected chi connectivity index (χ4v) is 1.32. The standard InChI is InChI=1S/C9H13ClN2O/c10-9-11-5-8(6-12-9)13-4-3-7-1-2-7/h5-7,9,11H,1-4H2. The van der Waals surface area contributed by atoms with Gasteiger partial charge in [-0.1, -0.05) is 24.4 Å². The van der Waals surface area contributed by atoms with Crippen molar-refractivity contribution in [3.05, 3.63) is 12.0 Å². The van der Waals surface area contributed by atoms with E-state index in [2.05, 4.69) is 10.3 Å². The summed E-state index contributed by atoms with van der Waals surface area (Å²) < 4.78 is 5.47. The molecule has 1 atom stereocenters. The number of allylic oxidation sites excluding steroid dienone is 1. The van der Waals surface area contributed by atoms with Crippen molar-refractivity contribution >= 4 is 17.8 Å². The van der Waals surface area contributed by atoms with Gasteiger partial charge in [0.1, 0.15) is 0 Å². The van der Waals surface area contributed by atoms with E-state index in [1.807, 2.05) is 0 Å². The maximum Gasteiger partial charge on any atom is 0.195 e. The molecule has 1 heterocycles. The van der Waals surface area contributed by atoms with Crippen molar-refractivity contribution < 1.29 is 4.74 Å². The average Bonchev–Trinajstić information content (AvgIpc) is 2.92. The van der Waals surface area contributed by atoms with Crippen LogP contribution < -0.4 is 5.32 Å². The van der Waals surface area contributed by atoms with Gasteiger partial charge in [-0.2, -0.15) is 0 Å². The number of nitrogens with zero attached hydrogens (tertiary/aromatic N) is 1. The van der Waals surface area contributed by atoms with E-state index in [1.54, 1.807) is 12.4 Å². The predicted molar refractivity (Wildman–Crippen MR) is 52.6 cm³/mol. The Morgan fingerprint density at radius 1 is 1.62 bits per heavy atom. The van der Waals surface area contributed by atoms with E-state index in [-0.39, 0.29) is 5.62 Å². The SMILES string of the molecule is ClC1N=CC(OCCC2CC2)=CN1. The Kier molecular flexibility index (Phi) is 2.74. The fraction of sp³-hybridized carbons (Fsp3) is 0.667. The maximum atomic E-state index is 5.67. The van der Waals surface area contributed by atoms with E-state index in [1.165, 1.54) is 12.8 Å². The molecule has 1 fully saturated rings. The van der Waals surface area contributed by atoms with Crippen LogP contribution in [-0.4, -0.2) is 18.4 Å². The van der Waals surface area contributed by atoms with Gasteiger partial charge < -0.3 is 10.1 Å². The number of alkyl halides is 1. The Labute approximate surface area is 82.8 Å². The third-order valence-electron chi connectivity index (χ3n) is 2.19. The van der Waals surface area contributed by atoms with Crippen LogP contribution in [0, 0.1) is 5.92 Å². The van der Waals surface area contributed by atoms with Crippen molar-refractivity contribution in [2.45, 2.75) is 24.9 Å². The summed E-state index contributed by atoms with van der Waals surface area (Å²) in [5, 5.41) is 2.87. The molecule has 72 valence electrons. The van der Waals surface area contributed by atoms with Gasteiger partial charge in [0.2, 0.25) is 0 Å². The number of hydrogen-bond acceptors (Lipinski definition) is 3. The molecular weight excluding hydrogens is 188 g/mol. The molecule has 1 aliphatic carbocycles. The second-order valence-corrected chi connectivity index (χ2v) is 3.82. The highest BCUT2D eigenvalue weighted by molar-refractivity contribution is 6.20. The maximum absolute atomic E-state index is 5.67. The molecule has 0 radical (unpaired) electrons. The van der Waals surface area contributed by atoms with Crippen LogP contribution in [0.2, 0.25) is 0 Å². The molecule has 1 aliphatic heterocycles. The zero-order valence-electron chi connectivity index (χ0n) is 7.37. The second kappa shape index (κ2) is 4.01. The quantitative estimate of drug-likeness (QED) is 0.555. The average molecular weight is 201 g/mol. The smallest absolute Gasteiger partial charge is 0.195 e. The van der Waals surface area contributed by atoms with Gasteiger partial charge in [0.25, 0.3) is 0 Å². The summed E-state index contributed by atoms with van der Waals surface area (Å²) in [7, 11) is 0. The molecule has 0 aromatic rings. The molecule has 0 aromatic carbocycles. The van der Waals surface area contributed by atoms with Crippen LogP contribution in [0.5, 0.6) is 0 Å². The first-order valence-corrected chi connectivity index (χ1v) is 5.04. The molecule has 2 rings (SSSR count). The first-order chi connectivity index (χ1) is 6.34. The number of rotatable bonds is 4. The van der Waals surface area contributed by atoms with E-state index >= 15 is 0 Å². The van der Waals surface area contributed by atoms with Gasteiger partial charge in [0.05, 0.1) is 12.8 Å². The lowest BCUT2D eigenvalue weighted by Crippen LogP contribution is -2.21. The van der Waals surface area contributed by atoms with E-state index in [0.717, 1.165) is 24.7 Å². The number of aliphatic imine (C=N–C) groups is 1. The van der Waals surface area contributed by atoms with Gasteiger partial charge in [-0.05, 0) is 12.3 Å². The minimum atomic E-state index is -0.337. The summed E-state index contributed by atoms with van der Waals surface area (Å²) in [6.07, 6.45) is 7.34. The molecule has 1 unspecified atom stereocenters. The molecule has 0 bridgehead atoms. The molecule has 1 saturated carbocycles. The second-order valence-electron chi connectivity index (χ2n) is 3.41. The lowest BCUT2D eigenvalue weighted by atomic mass is 10.3. The van der Waals surface area contributed by atoms with Crippen molar-refractivity contribution in [2.75, 3.05) is 6.61 Å². The Hall–Kier alpha value is -0.700. The number of hydrogen-bond donors (Lipinski definition) is 1. The summed E-state index contributed by atoms with van der Waals surface area (Å²) in [5.74, 6) is 1.69. The van der Waals surface area contributed by atoms with Gasteiger partial charge in [0.15, 0.2) is 11.4 Å². The van der Waals surface area contributed by atoms with Crippen LogP contribution in [0.25, 0.3) is 0 Å². The van der Waals surface area contributed by atoms with Gasteiger partial charge in [-0.15, -0.1) is 0 Å². The van der Waals surface area contributed by atoms with Crippen LogP contribution in [0.1, 0.15) is 19.3 Å². The topological polar surface area (TPSA) is 33.6 Å². The van der Waals surface area contributed by atoms with Crippen molar-refractivity contribution in [1.82, 2.24) is 5.32 Å². The Morgan fingerprint density at radius 2 is 2.46 bits per heavy atom. The molecule has 0 spiro atoms. The van der Waals surface area contributed by atoms with E-state index < -0.39 is 0 Å². The van der Waals surface area contributed by atoms with Crippen molar-refractivity contribution in [3.63, 3.8) is 0 Å². The van der Waals surface area contributed by atoms with E-state index in [9.17, 15) is 0 Å². The Bertz CT molecular complexity index is 236. The lowest BCUT2D eigenvalue weighted by molar-refractivity contribution is 0.219. The van der Waals surface area contributed by atoms with Gasteiger partial charge in [-0.25, -0.2) is 4.99 Å². The van der Waals surface area contributed by atoms with Crippen molar-refractivity contribution in [3.8, 4) is 0 Å². The zero-order chi connectivity index (χ0) is 9.10. The monoisotopic (exact) mass is 200 g/mol.